The van der Waals surface area contributed by atoms with Crippen molar-refractivity contribution in [3.8, 4) is 5.75 Å². The summed E-state index contributed by atoms with van der Waals surface area (Å²) in [5, 5.41) is 23.4. The number of aliphatic hydroxyl groups is 1. The molecule has 2 rings (SSSR count). The Bertz CT molecular complexity index is 379. The molecule has 1 aliphatic heterocycles. The average molecular weight is 249 g/mol. The van der Waals surface area contributed by atoms with Crippen LogP contribution in [0.1, 0.15) is 50.7 Å². The van der Waals surface area contributed by atoms with Crippen molar-refractivity contribution in [3.05, 3.63) is 29.8 Å². The van der Waals surface area contributed by atoms with Gasteiger partial charge >= 0.3 is 0 Å². The number of hydrogen-bond donors (Lipinski definition) is 3. The highest BCUT2D eigenvalue weighted by molar-refractivity contribution is 5.29. The lowest BCUT2D eigenvalue weighted by atomic mass is 9.90. The number of aromatic hydroxyl groups is 1. The number of benzene rings is 1. The van der Waals surface area contributed by atoms with Gasteiger partial charge in [-0.15, -0.1) is 0 Å². The van der Waals surface area contributed by atoms with E-state index in [9.17, 15) is 10.2 Å². The lowest BCUT2D eigenvalue weighted by molar-refractivity contribution is 0.0996. The van der Waals surface area contributed by atoms with Gasteiger partial charge in [-0.2, -0.15) is 0 Å². The zero-order chi connectivity index (χ0) is 13.0. The second-order valence-electron chi connectivity index (χ2n) is 5.23. The number of rotatable bonds is 4. The molecule has 0 radical (unpaired) electrons. The summed E-state index contributed by atoms with van der Waals surface area (Å²) in [6.07, 6.45) is 5.18. The minimum absolute atomic E-state index is 0.108. The molecule has 0 spiro atoms. The van der Waals surface area contributed by atoms with Crippen molar-refractivity contribution in [2.45, 2.75) is 57.2 Å². The van der Waals surface area contributed by atoms with Crippen molar-refractivity contribution in [1.29, 1.82) is 0 Å². The summed E-state index contributed by atoms with van der Waals surface area (Å²) in [6.45, 7) is 2.19. The SMILES string of the molecule is CCC[C@@H]1CCC[C@@H]([C@H](O)c2cccc(O)c2)N1. The zero-order valence-corrected chi connectivity index (χ0v) is 11.0. The van der Waals surface area contributed by atoms with Crippen LogP contribution in [0.3, 0.4) is 0 Å². The van der Waals surface area contributed by atoms with Crippen LogP contribution in [0.25, 0.3) is 0 Å². The van der Waals surface area contributed by atoms with Gasteiger partial charge in [0.2, 0.25) is 0 Å². The molecule has 100 valence electrons. The Morgan fingerprint density at radius 2 is 2.22 bits per heavy atom. The fourth-order valence-corrected chi connectivity index (χ4v) is 2.82. The minimum atomic E-state index is -0.531. The molecule has 3 heteroatoms. The summed E-state index contributed by atoms with van der Waals surface area (Å²) >= 11 is 0. The molecule has 0 saturated carbocycles. The molecule has 1 aliphatic rings. The van der Waals surface area contributed by atoms with E-state index in [1.54, 1.807) is 18.2 Å². The van der Waals surface area contributed by atoms with Crippen LogP contribution in [-0.2, 0) is 0 Å². The van der Waals surface area contributed by atoms with E-state index >= 15 is 0 Å². The van der Waals surface area contributed by atoms with Gasteiger partial charge in [0.25, 0.3) is 0 Å². The predicted octanol–water partition coefficient (Wildman–Crippen LogP) is 2.74. The Balaban J connectivity index is 2.02. The molecule has 0 bridgehead atoms. The van der Waals surface area contributed by atoms with E-state index in [1.807, 2.05) is 6.07 Å². The molecule has 3 N–H and O–H groups in total. The van der Waals surface area contributed by atoms with Crippen LogP contribution in [0.15, 0.2) is 24.3 Å². The van der Waals surface area contributed by atoms with Gasteiger partial charge in [0, 0.05) is 12.1 Å². The van der Waals surface area contributed by atoms with Crippen molar-refractivity contribution in [3.63, 3.8) is 0 Å². The topological polar surface area (TPSA) is 52.5 Å². The van der Waals surface area contributed by atoms with Gasteiger partial charge in [-0.3, -0.25) is 0 Å². The molecular formula is C15H23NO2. The number of aliphatic hydroxyl groups excluding tert-OH is 1. The molecule has 3 atom stereocenters. The minimum Gasteiger partial charge on any atom is -0.508 e. The summed E-state index contributed by atoms with van der Waals surface area (Å²) in [7, 11) is 0. The molecular weight excluding hydrogens is 226 g/mol. The highest BCUT2D eigenvalue weighted by Crippen LogP contribution is 2.27. The normalized spacial score (nSPS) is 25.9. The van der Waals surface area contributed by atoms with Crippen molar-refractivity contribution in [1.82, 2.24) is 5.32 Å². The van der Waals surface area contributed by atoms with Gasteiger partial charge in [-0.1, -0.05) is 31.9 Å². The van der Waals surface area contributed by atoms with Crippen LogP contribution in [0.2, 0.25) is 0 Å². The van der Waals surface area contributed by atoms with E-state index < -0.39 is 6.10 Å². The standard InChI is InChI=1S/C15H23NO2/c1-2-5-12-7-4-9-14(16-12)15(18)11-6-3-8-13(17)10-11/h3,6,8,10,12,14-18H,2,4-5,7,9H2,1H3/t12-,14+,15-/m1/s1. The Hall–Kier alpha value is -1.06. The number of phenols is 1. The molecule has 0 aliphatic carbocycles. The van der Waals surface area contributed by atoms with E-state index in [1.165, 1.54) is 19.3 Å². The van der Waals surface area contributed by atoms with Crippen LogP contribution in [-0.4, -0.2) is 22.3 Å². The quantitative estimate of drug-likeness (QED) is 0.769. The third-order valence-corrected chi connectivity index (χ3v) is 3.75. The first-order valence-corrected chi connectivity index (χ1v) is 6.93. The van der Waals surface area contributed by atoms with Crippen molar-refractivity contribution < 1.29 is 10.2 Å². The van der Waals surface area contributed by atoms with E-state index in [0.717, 1.165) is 18.4 Å². The Morgan fingerprint density at radius 1 is 1.39 bits per heavy atom. The van der Waals surface area contributed by atoms with Crippen molar-refractivity contribution in [2.75, 3.05) is 0 Å². The summed E-state index contributed by atoms with van der Waals surface area (Å²) in [5.41, 5.74) is 0.796. The highest BCUT2D eigenvalue weighted by atomic mass is 16.3. The molecule has 18 heavy (non-hydrogen) atoms. The Labute approximate surface area is 109 Å². The first-order chi connectivity index (χ1) is 8.70. The molecule has 0 unspecified atom stereocenters. The summed E-state index contributed by atoms with van der Waals surface area (Å²) in [4.78, 5) is 0. The molecule has 1 heterocycles. The first kappa shape index (κ1) is 13.4. The number of nitrogens with one attached hydrogen (secondary N) is 1. The van der Waals surface area contributed by atoms with Crippen LogP contribution in [0, 0.1) is 0 Å². The lowest BCUT2D eigenvalue weighted by Crippen LogP contribution is -2.45. The van der Waals surface area contributed by atoms with E-state index in [-0.39, 0.29) is 11.8 Å². The van der Waals surface area contributed by atoms with Gasteiger partial charge in [0.05, 0.1) is 6.10 Å². The maximum atomic E-state index is 10.4. The third-order valence-electron chi connectivity index (χ3n) is 3.75. The summed E-state index contributed by atoms with van der Waals surface area (Å²) < 4.78 is 0. The van der Waals surface area contributed by atoms with Crippen LogP contribution >= 0.6 is 0 Å². The number of piperidine rings is 1. The monoisotopic (exact) mass is 249 g/mol. The second kappa shape index (κ2) is 6.21. The summed E-state index contributed by atoms with van der Waals surface area (Å²) in [5.74, 6) is 0.215. The van der Waals surface area contributed by atoms with Gasteiger partial charge in [-0.25, -0.2) is 0 Å². The van der Waals surface area contributed by atoms with Gasteiger partial charge in [0.1, 0.15) is 5.75 Å². The first-order valence-electron chi connectivity index (χ1n) is 6.93. The third kappa shape index (κ3) is 3.24. The van der Waals surface area contributed by atoms with Gasteiger partial charge in [-0.05, 0) is 37.0 Å². The smallest absolute Gasteiger partial charge is 0.115 e. The fourth-order valence-electron chi connectivity index (χ4n) is 2.82. The molecule has 1 fully saturated rings. The average Bonchev–Trinajstić information content (AvgIpc) is 2.39. The Morgan fingerprint density at radius 3 is 2.94 bits per heavy atom. The molecule has 0 aromatic heterocycles. The highest BCUT2D eigenvalue weighted by Gasteiger charge is 2.27. The van der Waals surface area contributed by atoms with Crippen molar-refractivity contribution in [2.24, 2.45) is 0 Å². The molecule has 1 aromatic rings. The van der Waals surface area contributed by atoms with Gasteiger partial charge < -0.3 is 15.5 Å². The molecule has 0 amide bonds. The fraction of sp³-hybridized carbons (Fsp3) is 0.600. The van der Waals surface area contributed by atoms with Crippen LogP contribution in [0.5, 0.6) is 5.75 Å². The molecule has 3 nitrogen and oxygen atoms in total. The van der Waals surface area contributed by atoms with E-state index in [2.05, 4.69) is 12.2 Å². The van der Waals surface area contributed by atoms with E-state index in [4.69, 9.17) is 0 Å². The molecule has 1 aromatic carbocycles. The van der Waals surface area contributed by atoms with Crippen molar-refractivity contribution >= 4 is 0 Å². The van der Waals surface area contributed by atoms with Gasteiger partial charge in [0.15, 0.2) is 0 Å². The van der Waals surface area contributed by atoms with Crippen LogP contribution in [0.4, 0.5) is 0 Å². The Kier molecular flexibility index (Phi) is 4.61. The van der Waals surface area contributed by atoms with Crippen LogP contribution < -0.4 is 5.32 Å². The lowest BCUT2D eigenvalue weighted by Gasteiger charge is -2.34. The zero-order valence-electron chi connectivity index (χ0n) is 11.0. The molecule has 1 saturated heterocycles. The predicted molar refractivity (Wildman–Crippen MR) is 72.5 cm³/mol. The second-order valence-corrected chi connectivity index (χ2v) is 5.23. The number of phenolic OH excluding ortho intramolecular Hbond substituents is 1. The maximum absolute atomic E-state index is 10.4. The maximum Gasteiger partial charge on any atom is 0.115 e. The number of hydrogen-bond acceptors (Lipinski definition) is 3. The summed E-state index contributed by atoms with van der Waals surface area (Å²) in [6, 6.07) is 7.56. The van der Waals surface area contributed by atoms with E-state index in [0.29, 0.717) is 6.04 Å². The largest absolute Gasteiger partial charge is 0.508 e.